The number of rotatable bonds is 7. The molecule has 7 heteroatoms. The summed E-state index contributed by atoms with van der Waals surface area (Å²) in [5, 5.41) is 0. The SMILES string of the molecule is C=C(C)C(=O)OC(OC(=O)C(=C)C)(OC(=O)C(=C)C)C(=O)C(C)(C)C. The second-order valence-corrected chi connectivity index (χ2v) is 6.64. The highest BCUT2D eigenvalue weighted by molar-refractivity contribution is 5.99. The van der Waals surface area contributed by atoms with E-state index in [1.807, 2.05) is 0 Å². The third kappa shape index (κ3) is 6.02. The Kier molecular flexibility index (Phi) is 7.06. The molecule has 0 bridgehead atoms. The first-order valence-corrected chi connectivity index (χ1v) is 7.35. The highest BCUT2D eigenvalue weighted by atomic mass is 16.9. The Morgan fingerprint density at radius 3 is 1.04 bits per heavy atom. The van der Waals surface area contributed by atoms with Crippen LogP contribution in [0.25, 0.3) is 0 Å². The quantitative estimate of drug-likeness (QED) is 0.395. The predicted molar refractivity (Wildman–Crippen MR) is 89.9 cm³/mol. The van der Waals surface area contributed by atoms with Crippen molar-refractivity contribution in [1.29, 1.82) is 0 Å². The van der Waals surface area contributed by atoms with Crippen LogP contribution in [0.5, 0.6) is 0 Å². The molecule has 0 fully saturated rings. The van der Waals surface area contributed by atoms with Crippen molar-refractivity contribution in [2.24, 2.45) is 5.41 Å². The summed E-state index contributed by atoms with van der Waals surface area (Å²) in [5.41, 5.74) is -1.48. The van der Waals surface area contributed by atoms with E-state index in [1.54, 1.807) is 0 Å². The van der Waals surface area contributed by atoms with Crippen LogP contribution in [0.2, 0.25) is 0 Å². The molecule has 0 saturated heterocycles. The van der Waals surface area contributed by atoms with Crippen LogP contribution < -0.4 is 0 Å². The van der Waals surface area contributed by atoms with Gasteiger partial charge in [0, 0.05) is 22.1 Å². The summed E-state index contributed by atoms with van der Waals surface area (Å²) in [5.74, 6) is -7.12. The molecule has 0 radical (unpaired) electrons. The Hall–Kier alpha value is -2.70. The van der Waals surface area contributed by atoms with Gasteiger partial charge in [-0.05, 0) is 20.8 Å². The highest BCUT2D eigenvalue weighted by Gasteiger charge is 2.56. The van der Waals surface area contributed by atoms with Gasteiger partial charge in [-0.3, -0.25) is 4.79 Å². The lowest BCUT2D eigenvalue weighted by Gasteiger charge is -2.33. The minimum absolute atomic E-state index is 0.0937. The van der Waals surface area contributed by atoms with Crippen molar-refractivity contribution in [2.75, 3.05) is 0 Å². The van der Waals surface area contributed by atoms with E-state index in [0.717, 1.165) is 0 Å². The van der Waals surface area contributed by atoms with Crippen molar-refractivity contribution in [1.82, 2.24) is 0 Å². The number of carbonyl (C=O) groups is 4. The van der Waals surface area contributed by atoms with Crippen molar-refractivity contribution in [3.8, 4) is 0 Å². The van der Waals surface area contributed by atoms with Gasteiger partial charge in [0.05, 0.1) is 0 Å². The van der Waals surface area contributed by atoms with Gasteiger partial charge < -0.3 is 14.2 Å². The summed E-state index contributed by atoms with van der Waals surface area (Å²) in [6, 6.07) is 0. The largest absolute Gasteiger partial charge is 0.490 e. The predicted octanol–water partition coefficient (Wildman–Crippen LogP) is 2.61. The van der Waals surface area contributed by atoms with Gasteiger partial charge in [-0.15, -0.1) is 0 Å². The van der Waals surface area contributed by atoms with Crippen LogP contribution in [0.15, 0.2) is 36.5 Å². The van der Waals surface area contributed by atoms with Gasteiger partial charge in [-0.1, -0.05) is 40.5 Å². The molecule has 0 amide bonds. The van der Waals surface area contributed by atoms with Gasteiger partial charge in [0.2, 0.25) is 0 Å². The summed E-state index contributed by atoms with van der Waals surface area (Å²) in [7, 11) is 0. The zero-order valence-corrected chi connectivity index (χ0v) is 15.5. The molecule has 0 aliphatic heterocycles. The van der Waals surface area contributed by atoms with Crippen molar-refractivity contribution < 1.29 is 33.4 Å². The number of carbonyl (C=O) groups excluding carboxylic acids is 4. The van der Waals surface area contributed by atoms with E-state index in [9.17, 15) is 19.2 Å². The fraction of sp³-hybridized carbons (Fsp3) is 0.444. The van der Waals surface area contributed by atoms with Gasteiger partial charge in [-0.2, -0.15) is 0 Å². The topological polar surface area (TPSA) is 96.0 Å². The summed E-state index contributed by atoms with van der Waals surface area (Å²) in [6.45, 7) is 18.5. The molecule has 0 aromatic carbocycles. The third-order valence-electron chi connectivity index (χ3n) is 2.69. The zero-order chi connectivity index (χ0) is 20.2. The van der Waals surface area contributed by atoms with Crippen molar-refractivity contribution in [2.45, 2.75) is 47.5 Å². The van der Waals surface area contributed by atoms with Crippen LogP contribution in [-0.4, -0.2) is 29.7 Å². The smallest absolute Gasteiger partial charge is 0.378 e. The number of esters is 3. The van der Waals surface area contributed by atoms with E-state index < -0.39 is 35.1 Å². The molecule has 0 aromatic rings. The molecule has 0 spiro atoms. The summed E-state index contributed by atoms with van der Waals surface area (Å²) in [6.07, 6.45) is 0. The number of Topliss-reactive ketones (excluding diaryl/α,β-unsaturated/α-hetero) is 1. The third-order valence-corrected chi connectivity index (χ3v) is 2.69. The molecule has 25 heavy (non-hydrogen) atoms. The second kappa shape index (κ2) is 7.92. The van der Waals surface area contributed by atoms with Crippen molar-refractivity contribution in [3.05, 3.63) is 36.5 Å². The Labute approximate surface area is 147 Å². The molecule has 0 unspecified atom stereocenters. The summed E-state index contributed by atoms with van der Waals surface area (Å²) >= 11 is 0. The molecule has 138 valence electrons. The van der Waals surface area contributed by atoms with Crippen LogP contribution in [0.1, 0.15) is 41.5 Å². The van der Waals surface area contributed by atoms with Crippen LogP contribution in [-0.2, 0) is 33.4 Å². The molecule has 0 atom stereocenters. The molecule has 0 aliphatic carbocycles. The van der Waals surface area contributed by atoms with Gasteiger partial charge in [0.1, 0.15) is 0 Å². The van der Waals surface area contributed by atoms with Gasteiger partial charge in [0.15, 0.2) is 0 Å². The molecule has 0 aliphatic rings. The summed E-state index contributed by atoms with van der Waals surface area (Å²) in [4.78, 5) is 48.8. The van der Waals surface area contributed by atoms with Crippen molar-refractivity contribution >= 4 is 23.7 Å². The Bertz CT molecular complexity index is 578. The summed E-state index contributed by atoms with van der Waals surface area (Å²) < 4.78 is 14.9. The Morgan fingerprint density at radius 1 is 0.640 bits per heavy atom. The van der Waals surface area contributed by atoms with E-state index in [0.29, 0.717) is 0 Å². The maximum absolute atomic E-state index is 12.8. The van der Waals surface area contributed by atoms with Crippen LogP contribution in [0.3, 0.4) is 0 Å². The van der Waals surface area contributed by atoms with Crippen molar-refractivity contribution in [3.63, 3.8) is 0 Å². The standard InChI is InChI=1S/C18H24O7/c1-10(2)13(19)23-18(16(22)17(7,8)9,24-14(20)11(3)4)25-15(21)12(5)6/h1,3,5H2,2,4,6-9H3. The first kappa shape index (κ1) is 22.3. The average molecular weight is 352 g/mol. The van der Waals surface area contributed by atoms with Crippen LogP contribution in [0, 0.1) is 5.41 Å². The Balaban J connectivity index is 6.32. The monoisotopic (exact) mass is 352 g/mol. The van der Waals surface area contributed by atoms with E-state index in [-0.39, 0.29) is 16.7 Å². The van der Waals surface area contributed by atoms with Gasteiger partial charge in [-0.25, -0.2) is 14.4 Å². The maximum Gasteiger partial charge on any atom is 0.490 e. The normalized spacial score (nSPS) is 11.1. The van der Waals surface area contributed by atoms with Gasteiger partial charge >= 0.3 is 23.9 Å². The van der Waals surface area contributed by atoms with E-state index in [1.165, 1.54) is 41.5 Å². The molecule has 0 saturated carbocycles. The first-order chi connectivity index (χ1) is 11.1. The lowest BCUT2D eigenvalue weighted by molar-refractivity contribution is -0.309. The fourth-order valence-corrected chi connectivity index (χ4v) is 1.29. The number of hydrogen-bond acceptors (Lipinski definition) is 7. The molecule has 0 heterocycles. The molecule has 7 nitrogen and oxygen atoms in total. The van der Waals surface area contributed by atoms with Crippen LogP contribution >= 0.6 is 0 Å². The number of hydrogen-bond donors (Lipinski definition) is 0. The lowest BCUT2D eigenvalue weighted by Crippen LogP contribution is -2.55. The average Bonchev–Trinajstić information content (AvgIpc) is 2.44. The molecular weight excluding hydrogens is 328 g/mol. The fourth-order valence-electron chi connectivity index (χ4n) is 1.29. The minimum Gasteiger partial charge on any atom is -0.378 e. The van der Waals surface area contributed by atoms with Crippen LogP contribution in [0.4, 0.5) is 0 Å². The minimum atomic E-state index is -2.92. The van der Waals surface area contributed by atoms with E-state index >= 15 is 0 Å². The number of ether oxygens (including phenoxy) is 3. The second-order valence-electron chi connectivity index (χ2n) is 6.64. The first-order valence-electron chi connectivity index (χ1n) is 7.35. The molecule has 0 N–H and O–H groups in total. The van der Waals surface area contributed by atoms with E-state index in [2.05, 4.69) is 19.7 Å². The highest BCUT2D eigenvalue weighted by Crippen LogP contribution is 2.31. The number of ketones is 1. The zero-order valence-electron chi connectivity index (χ0n) is 15.5. The molecular formula is C18H24O7. The van der Waals surface area contributed by atoms with Gasteiger partial charge in [0.25, 0.3) is 5.78 Å². The lowest BCUT2D eigenvalue weighted by atomic mass is 9.89. The van der Waals surface area contributed by atoms with E-state index in [4.69, 9.17) is 14.2 Å². The molecule has 0 rings (SSSR count). The Morgan fingerprint density at radius 2 is 0.880 bits per heavy atom. The molecule has 0 aromatic heterocycles. The maximum atomic E-state index is 12.8.